The van der Waals surface area contributed by atoms with Gasteiger partial charge in [-0.15, -0.1) is 0 Å². The zero-order chi connectivity index (χ0) is 21.1. The maximum Gasteiger partial charge on any atom is 0.331 e. The smallest absolute Gasteiger partial charge is 0.331 e. The van der Waals surface area contributed by atoms with Gasteiger partial charge in [-0.1, -0.05) is 88.8 Å². The number of hydrogen-bond acceptors (Lipinski definition) is 2. The van der Waals surface area contributed by atoms with Crippen LogP contribution in [0, 0.1) is 0 Å². The molecule has 1 rings (SSSR count). The van der Waals surface area contributed by atoms with Crippen molar-refractivity contribution in [3.8, 4) is 0 Å². The van der Waals surface area contributed by atoms with Crippen molar-refractivity contribution < 1.29 is 19.8 Å². The molecule has 1 aromatic rings. The van der Waals surface area contributed by atoms with E-state index in [-0.39, 0.29) is 5.57 Å². The van der Waals surface area contributed by atoms with Gasteiger partial charge in [-0.25, -0.2) is 9.59 Å². The fourth-order valence-electron chi connectivity index (χ4n) is 1.87. The van der Waals surface area contributed by atoms with Crippen LogP contribution in [-0.2, 0) is 9.59 Å². The summed E-state index contributed by atoms with van der Waals surface area (Å²) in [5, 5.41) is 16.7. The molecule has 0 spiro atoms. The third kappa shape index (κ3) is 18.0. The van der Waals surface area contributed by atoms with Crippen LogP contribution in [0.4, 0.5) is 0 Å². The lowest BCUT2D eigenvalue weighted by molar-refractivity contribution is -0.133. The number of allylic oxidation sites excluding steroid dienone is 1. The number of carbonyl (C=O) groups is 2. The first-order valence-electron chi connectivity index (χ1n) is 9.28. The van der Waals surface area contributed by atoms with Crippen LogP contribution >= 0.6 is 0 Å². The summed E-state index contributed by atoms with van der Waals surface area (Å²) in [6, 6.07) is 10.0. The molecule has 0 radical (unpaired) electrons. The SMILES string of the molecule is C=C(C)C(=O)O.C=Cc1ccccc1.CCC=C(CCCCCC)C(=O)O. The van der Waals surface area contributed by atoms with Crippen molar-refractivity contribution in [2.24, 2.45) is 0 Å². The van der Waals surface area contributed by atoms with Gasteiger partial charge in [-0.3, -0.25) is 0 Å². The highest BCUT2D eigenvalue weighted by atomic mass is 16.4. The highest BCUT2D eigenvalue weighted by Crippen LogP contribution is 2.11. The molecule has 1 aromatic carbocycles. The Morgan fingerprint density at radius 3 is 1.89 bits per heavy atom. The molecule has 0 saturated heterocycles. The number of hydrogen-bond donors (Lipinski definition) is 2. The second-order valence-electron chi connectivity index (χ2n) is 5.95. The van der Waals surface area contributed by atoms with E-state index in [4.69, 9.17) is 10.2 Å². The normalized spacial score (nSPS) is 9.81. The van der Waals surface area contributed by atoms with E-state index >= 15 is 0 Å². The summed E-state index contributed by atoms with van der Waals surface area (Å²) in [6.45, 7) is 12.4. The molecule has 0 aliphatic carbocycles. The molecule has 0 amide bonds. The molecule has 0 atom stereocenters. The van der Waals surface area contributed by atoms with Crippen molar-refractivity contribution >= 4 is 18.0 Å². The van der Waals surface area contributed by atoms with Gasteiger partial charge >= 0.3 is 11.9 Å². The average molecular weight is 375 g/mol. The Bertz CT molecular complexity index is 574. The molecular weight excluding hydrogens is 340 g/mol. The first kappa shape index (κ1) is 26.6. The molecule has 0 heterocycles. The molecule has 4 heteroatoms. The van der Waals surface area contributed by atoms with Crippen LogP contribution in [0.15, 0.2) is 60.7 Å². The van der Waals surface area contributed by atoms with Crippen LogP contribution in [0.25, 0.3) is 6.08 Å². The molecule has 0 bridgehead atoms. The fourth-order valence-corrected chi connectivity index (χ4v) is 1.87. The number of benzene rings is 1. The largest absolute Gasteiger partial charge is 0.478 e. The van der Waals surface area contributed by atoms with Gasteiger partial charge in [0.1, 0.15) is 0 Å². The minimum atomic E-state index is -0.935. The summed E-state index contributed by atoms with van der Waals surface area (Å²) >= 11 is 0. The van der Waals surface area contributed by atoms with Crippen LogP contribution in [0.3, 0.4) is 0 Å². The maximum atomic E-state index is 10.7. The maximum absolute atomic E-state index is 10.7. The molecule has 2 N–H and O–H groups in total. The summed E-state index contributed by atoms with van der Waals surface area (Å²) in [4.78, 5) is 20.3. The van der Waals surface area contributed by atoms with Crippen LogP contribution in [0.5, 0.6) is 0 Å². The molecule has 0 fully saturated rings. The Morgan fingerprint density at radius 2 is 1.56 bits per heavy atom. The van der Waals surface area contributed by atoms with Crippen LogP contribution in [-0.4, -0.2) is 22.2 Å². The van der Waals surface area contributed by atoms with Crippen molar-refractivity contribution in [1.29, 1.82) is 0 Å². The third-order valence-electron chi connectivity index (χ3n) is 3.43. The highest BCUT2D eigenvalue weighted by molar-refractivity contribution is 5.86. The van der Waals surface area contributed by atoms with E-state index < -0.39 is 11.9 Å². The molecular formula is C23H34O4. The predicted octanol–water partition coefficient (Wildman–Crippen LogP) is 6.35. The Morgan fingerprint density at radius 1 is 1.00 bits per heavy atom. The lowest BCUT2D eigenvalue weighted by atomic mass is 10.1. The number of unbranched alkanes of at least 4 members (excludes halogenated alkanes) is 3. The number of carboxylic acids is 2. The van der Waals surface area contributed by atoms with Gasteiger partial charge in [-0.05, 0) is 31.7 Å². The third-order valence-corrected chi connectivity index (χ3v) is 3.43. The summed E-state index contributed by atoms with van der Waals surface area (Å²) in [5.74, 6) is -1.69. The number of rotatable bonds is 9. The van der Waals surface area contributed by atoms with Gasteiger partial charge in [0.25, 0.3) is 0 Å². The first-order chi connectivity index (χ1) is 12.8. The minimum absolute atomic E-state index is 0.176. The molecule has 0 saturated carbocycles. The van der Waals surface area contributed by atoms with E-state index in [9.17, 15) is 9.59 Å². The van der Waals surface area contributed by atoms with E-state index in [1.54, 1.807) is 0 Å². The van der Waals surface area contributed by atoms with Crippen LogP contribution in [0.2, 0.25) is 0 Å². The summed E-state index contributed by atoms with van der Waals surface area (Å²) in [7, 11) is 0. The van der Waals surface area contributed by atoms with Crippen molar-refractivity contribution in [3.63, 3.8) is 0 Å². The summed E-state index contributed by atoms with van der Waals surface area (Å²) in [6.07, 6.45) is 9.74. The van der Waals surface area contributed by atoms with Gasteiger partial charge in [0.2, 0.25) is 0 Å². The monoisotopic (exact) mass is 374 g/mol. The molecule has 0 unspecified atom stereocenters. The van der Waals surface area contributed by atoms with E-state index in [1.807, 2.05) is 49.4 Å². The molecule has 0 aliphatic rings. The summed E-state index contributed by atoms with van der Waals surface area (Å²) in [5.41, 5.74) is 1.93. The first-order valence-corrected chi connectivity index (χ1v) is 9.28. The van der Waals surface area contributed by atoms with Crippen LogP contribution < -0.4 is 0 Å². The Labute approximate surface area is 163 Å². The van der Waals surface area contributed by atoms with Gasteiger partial charge in [0, 0.05) is 11.1 Å². The quantitative estimate of drug-likeness (QED) is 0.390. The lowest BCUT2D eigenvalue weighted by Crippen LogP contribution is -2.00. The molecule has 150 valence electrons. The van der Waals surface area contributed by atoms with Crippen molar-refractivity contribution in [2.75, 3.05) is 0 Å². The zero-order valence-corrected chi connectivity index (χ0v) is 16.9. The van der Waals surface area contributed by atoms with Gasteiger partial charge in [0.15, 0.2) is 0 Å². The average Bonchev–Trinajstić information content (AvgIpc) is 2.65. The van der Waals surface area contributed by atoms with Gasteiger partial charge < -0.3 is 10.2 Å². The molecule has 4 nitrogen and oxygen atoms in total. The van der Waals surface area contributed by atoms with Gasteiger partial charge in [0.05, 0.1) is 0 Å². The number of carboxylic acid groups (broad SMARTS) is 2. The predicted molar refractivity (Wildman–Crippen MR) is 114 cm³/mol. The number of aliphatic carboxylic acids is 2. The van der Waals surface area contributed by atoms with Crippen molar-refractivity contribution in [3.05, 3.63) is 66.3 Å². The Kier molecular flexibility index (Phi) is 17.9. The fraction of sp³-hybridized carbons (Fsp3) is 0.391. The van der Waals surface area contributed by atoms with Gasteiger partial charge in [-0.2, -0.15) is 0 Å². The minimum Gasteiger partial charge on any atom is -0.478 e. The Hall–Kier alpha value is -2.62. The van der Waals surface area contributed by atoms with E-state index in [1.165, 1.54) is 25.3 Å². The van der Waals surface area contributed by atoms with E-state index in [0.717, 1.165) is 25.7 Å². The Balaban J connectivity index is 0. The van der Waals surface area contributed by atoms with E-state index in [2.05, 4.69) is 20.1 Å². The van der Waals surface area contributed by atoms with E-state index in [0.29, 0.717) is 5.57 Å². The lowest BCUT2D eigenvalue weighted by Gasteiger charge is -2.01. The second kappa shape index (κ2) is 18.2. The van der Waals surface area contributed by atoms with Crippen molar-refractivity contribution in [1.82, 2.24) is 0 Å². The van der Waals surface area contributed by atoms with Crippen molar-refractivity contribution in [2.45, 2.75) is 59.3 Å². The molecule has 0 aliphatic heterocycles. The highest BCUT2D eigenvalue weighted by Gasteiger charge is 2.04. The molecule has 27 heavy (non-hydrogen) atoms. The molecule has 0 aromatic heterocycles. The van der Waals surface area contributed by atoms with Crippen LogP contribution in [0.1, 0.15) is 64.9 Å². The standard InChI is InChI=1S/C11H20O2.C8H8.C4H6O2/c1-3-5-6-7-9-10(8-4-2)11(12)13;1-2-8-6-4-3-5-7-8;1-3(2)4(5)6/h8H,3-7,9H2,1-2H3,(H,12,13);2-7H,1H2;1H2,2H3,(H,5,6). The summed E-state index contributed by atoms with van der Waals surface area (Å²) < 4.78 is 0. The second-order valence-corrected chi connectivity index (χ2v) is 5.95. The zero-order valence-electron chi connectivity index (χ0n) is 16.9. The topological polar surface area (TPSA) is 74.6 Å².